The third kappa shape index (κ3) is 2.46. The van der Waals surface area contributed by atoms with Gasteiger partial charge in [0.1, 0.15) is 0 Å². The third-order valence-corrected chi connectivity index (χ3v) is 3.67. The van der Waals surface area contributed by atoms with Gasteiger partial charge in [0.2, 0.25) is 5.88 Å². The van der Waals surface area contributed by atoms with Crippen molar-refractivity contribution in [3.63, 3.8) is 0 Å². The molecule has 0 saturated carbocycles. The van der Waals surface area contributed by atoms with Crippen LogP contribution in [0.25, 0.3) is 0 Å². The molecule has 0 saturated heterocycles. The molecule has 2 rings (SSSR count). The van der Waals surface area contributed by atoms with Crippen LogP contribution in [-0.4, -0.2) is 11.1 Å². The van der Waals surface area contributed by atoms with Gasteiger partial charge in [-0.1, -0.05) is 27.2 Å². The minimum Gasteiger partial charge on any atom is -0.338 e. The summed E-state index contributed by atoms with van der Waals surface area (Å²) in [5.41, 5.74) is 3.27. The minimum absolute atomic E-state index is 0.213. The molecule has 5 heteroatoms. The highest BCUT2D eigenvalue weighted by Crippen LogP contribution is 2.21. The Kier molecular flexibility index (Phi) is 3.52. The fourth-order valence-electron chi connectivity index (χ4n) is 1.44. The lowest BCUT2D eigenvalue weighted by molar-refractivity contribution is 0.102. The fourth-order valence-corrected chi connectivity index (χ4v) is 1.82. The standard InChI is InChI=1S/C13H13BrN2O2/c1-7-4-5-10(6-11(7)14)12(17)15-13-8(2)9(3)16-18-13/h4-6H,1-3H3,(H,15,17). The molecule has 0 fully saturated rings. The van der Waals surface area contributed by atoms with E-state index in [2.05, 4.69) is 26.4 Å². The summed E-state index contributed by atoms with van der Waals surface area (Å²) in [6.07, 6.45) is 0. The summed E-state index contributed by atoms with van der Waals surface area (Å²) in [4.78, 5) is 12.0. The number of hydrogen-bond acceptors (Lipinski definition) is 3. The fraction of sp³-hybridized carbons (Fsp3) is 0.231. The number of halogens is 1. The van der Waals surface area contributed by atoms with E-state index in [1.54, 1.807) is 12.1 Å². The van der Waals surface area contributed by atoms with Crippen LogP contribution < -0.4 is 5.32 Å². The summed E-state index contributed by atoms with van der Waals surface area (Å²) in [5.74, 6) is 0.184. The van der Waals surface area contributed by atoms with E-state index in [1.165, 1.54) is 0 Å². The second-order valence-corrected chi connectivity index (χ2v) is 4.99. The molecule has 1 aromatic carbocycles. The predicted molar refractivity (Wildman–Crippen MR) is 72.8 cm³/mol. The number of anilines is 1. The van der Waals surface area contributed by atoms with Crippen LogP contribution in [0.3, 0.4) is 0 Å². The Labute approximate surface area is 113 Å². The Morgan fingerprint density at radius 1 is 1.33 bits per heavy atom. The number of amides is 1. The summed E-state index contributed by atoms with van der Waals surface area (Å²) in [5, 5.41) is 6.50. The molecule has 1 heterocycles. The molecule has 0 unspecified atom stereocenters. The predicted octanol–water partition coefficient (Wildman–Crippen LogP) is 3.61. The van der Waals surface area contributed by atoms with Gasteiger partial charge in [-0.05, 0) is 38.5 Å². The van der Waals surface area contributed by atoms with Crippen molar-refractivity contribution in [2.24, 2.45) is 0 Å². The number of carbonyl (C=O) groups is 1. The topological polar surface area (TPSA) is 55.1 Å². The van der Waals surface area contributed by atoms with Crippen molar-refractivity contribution < 1.29 is 9.32 Å². The van der Waals surface area contributed by atoms with Crippen molar-refractivity contribution in [3.05, 3.63) is 45.1 Å². The van der Waals surface area contributed by atoms with Crippen molar-refractivity contribution in [1.82, 2.24) is 5.16 Å². The number of hydrogen-bond donors (Lipinski definition) is 1. The Morgan fingerprint density at radius 2 is 2.06 bits per heavy atom. The maximum Gasteiger partial charge on any atom is 0.258 e. The van der Waals surface area contributed by atoms with E-state index in [1.807, 2.05) is 26.8 Å². The lowest BCUT2D eigenvalue weighted by atomic mass is 10.1. The summed E-state index contributed by atoms with van der Waals surface area (Å²) >= 11 is 3.40. The molecular weight excluding hydrogens is 296 g/mol. The largest absolute Gasteiger partial charge is 0.338 e. The molecule has 0 spiro atoms. The third-order valence-electron chi connectivity index (χ3n) is 2.82. The van der Waals surface area contributed by atoms with Crippen molar-refractivity contribution in [2.75, 3.05) is 5.32 Å². The number of carbonyl (C=O) groups excluding carboxylic acids is 1. The van der Waals surface area contributed by atoms with Crippen LogP contribution in [0.4, 0.5) is 5.88 Å². The zero-order chi connectivity index (χ0) is 13.3. The van der Waals surface area contributed by atoms with Crippen LogP contribution in [0.5, 0.6) is 0 Å². The molecule has 0 atom stereocenters. The van der Waals surface area contributed by atoms with Gasteiger partial charge in [0, 0.05) is 15.6 Å². The molecule has 1 aromatic heterocycles. The van der Waals surface area contributed by atoms with Gasteiger partial charge < -0.3 is 4.52 Å². The number of nitrogens with one attached hydrogen (secondary N) is 1. The van der Waals surface area contributed by atoms with Crippen molar-refractivity contribution in [2.45, 2.75) is 20.8 Å². The van der Waals surface area contributed by atoms with Gasteiger partial charge in [-0.15, -0.1) is 0 Å². The van der Waals surface area contributed by atoms with E-state index in [0.717, 1.165) is 21.3 Å². The maximum absolute atomic E-state index is 12.0. The molecule has 0 aliphatic heterocycles. The quantitative estimate of drug-likeness (QED) is 0.922. The smallest absolute Gasteiger partial charge is 0.258 e. The Morgan fingerprint density at radius 3 is 2.61 bits per heavy atom. The summed E-state index contributed by atoms with van der Waals surface area (Å²) in [7, 11) is 0. The molecule has 1 amide bonds. The number of rotatable bonds is 2. The summed E-state index contributed by atoms with van der Waals surface area (Å²) < 4.78 is 5.95. The first-order chi connectivity index (χ1) is 8.49. The first kappa shape index (κ1) is 12.8. The number of benzene rings is 1. The van der Waals surface area contributed by atoms with Crippen LogP contribution in [0.15, 0.2) is 27.2 Å². The van der Waals surface area contributed by atoms with Crippen LogP contribution in [-0.2, 0) is 0 Å². The first-order valence-electron chi connectivity index (χ1n) is 5.49. The SMILES string of the molecule is Cc1ccc(C(=O)Nc2onc(C)c2C)cc1Br. The molecule has 94 valence electrons. The van der Waals surface area contributed by atoms with Crippen molar-refractivity contribution in [3.8, 4) is 0 Å². The van der Waals surface area contributed by atoms with Gasteiger partial charge in [-0.2, -0.15) is 0 Å². The van der Waals surface area contributed by atoms with Gasteiger partial charge >= 0.3 is 0 Å². The second kappa shape index (κ2) is 4.94. The average molecular weight is 309 g/mol. The Bertz CT molecular complexity index is 605. The zero-order valence-electron chi connectivity index (χ0n) is 10.4. The molecule has 18 heavy (non-hydrogen) atoms. The Balaban J connectivity index is 2.22. The highest BCUT2D eigenvalue weighted by atomic mass is 79.9. The zero-order valence-corrected chi connectivity index (χ0v) is 12.0. The van der Waals surface area contributed by atoms with E-state index in [4.69, 9.17) is 4.52 Å². The summed E-state index contributed by atoms with van der Waals surface area (Å²) in [6.45, 7) is 5.65. The lowest BCUT2D eigenvalue weighted by Crippen LogP contribution is -2.12. The molecule has 0 aliphatic rings. The van der Waals surface area contributed by atoms with E-state index in [0.29, 0.717) is 11.4 Å². The molecular formula is C13H13BrN2O2. The van der Waals surface area contributed by atoms with Crippen LogP contribution in [0.2, 0.25) is 0 Å². The van der Waals surface area contributed by atoms with Crippen LogP contribution in [0.1, 0.15) is 27.2 Å². The minimum atomic E-state index is -0.213. The molecule has 0 aliphatic carbocycles. The molecule has 0 radical (unpaired) electrons. The van der Waals surface area contributed by atoms with Crippen molar-refractivity contribution >= 4 is 27.7 Å². The molecule has 4 nitrogen and oxygen atoms in total. The van der Waals surface area contributed by atoms with Gasteiger partial charge in [0.05, 0.1) is 5.69 Å². The van der Waals surface area contributed by atoms with E-state index in [9.17, 15) is 4.79 Å². The number of nitrogens with zero attached hydrogens (tertiary/aromatic N) is 1. The van der Waals surface area contributed by atoms with E-state index < -0.39 is 0 Å². The molecule has 1 N–H and O–H groups in total. The summed E-state index contributed by atoms with van der Waals surface area (Å²) in [6, 6.07) is 5.44. The highest BCUT2D eigenvalue weighted by Gasteiger charge is 2.13. The average Bonchev–Trinajstić information content (AvgIpc) is 2.64. The van der Waals surface area contributed by atoms with E-state index >= 15 is 0 Å². The van der Waals surface area contributed by atoms with Gasteiger partial charge in [-0.3, -0.25) is 10.1 Å². The number of aryl methyl sites for hydroxylation is 2. The van der Waals surface area contributed by atoms with Gasteiger partial charge in [0.15, 0.2) is 0 Å². The molecule has 2 aromatic rings. The Hall–Kier alpha value is -1.62. The highest BCUT2D eigenvalue weighted by molar-refractivity contribution is 9.10. The second-order valence-electron chi connectivity index (χ2n) is 4.14. The van der Waals surface area contributed by atoms with Gasteiger partial charge in [0.25, 0.3) is 5.91 Å². The monoisotopic (exact) mass is 308 g/mol. The van der Waals surface area contributed by atoms with Crippen LogP contribution in [0, 0.1) is 20.8 Å². The molecule has 0 bridgehead atoms. The maximum atomic E-state index is 12.0. The lowest BCUT2D eigenvalue weighted by Gasteiger charge is -2.04. The number of aromatic nitrogens is 1. The normalized spacial score (nSPS) is 10.4. The van der Waals surface area contributed by atoms with Crippen LogP contribution >= 0.6 is 15.9 Å². The van der Waals surface area contributed by atoms with E-state index in [-0.39, 0.29) is 5.91 Å². The first-order valence-corrected chi connectivity index (χ1v) is 6.28. The van der Waals surface area contributed by atoms with Crippen molar-refractivity contribution in [1.29, 1.82) is 0 Å². The van der Waals surface area contributed by atoms with Gasteiger partial charge in [-0.25, -0.2) is 0 Å².